The van der Waals surface area contributed by atoms with E-state index in [1.165, 1.54) is 0 Å². The van der Waals surface area contributed by atoms with Crippen molar-refractivity contribution in [2.45, 2.75) is 12.7 Å². The molecule has 0 unspecified atom stereocenters. The maximum absolute atomic E-state index is 12.5. The number of nitrogens with zero attached hydrogens (tertiary/aromatic N) is 3. The minimum absolute atomic E-state index is 0.206. The third-order valence-corrected chi connectivity index (χ3v) is 4.15. The Balaban J connectivity index is 1.71. The van der Waals surface area contributed by atoms with Gasteiger partial charge in [-0.1, -0.05) is 0 Å². The molecule has 2 rings (SSSR count). The molecule has 6 nitrogen and oxygen atoms in total. The summed E-state index contributed by atoms with van der Waals surface area (Å²) >= 11 is 0.977. The Morgan fingerprint density at radius 3 is 2.74 bits per heavy atom. The SMILES string of the molecule is CN=C(NCCN1CCOCC1)NCc1nc(C(F)(F)F)cs1. The molecule has 23 heavy (non-hydrogen) atoms. The van der Waals surface area contributed by atoms with Crippen molar-refractivity contribution in [3.8, 4) is 0 Å². The molecule has 130 valence electrons. The minimum atomic E-state index is -4.40. The fourth-order valence-corrected chi connectivity index (χ4v) is 2.80. The maximum Gasteiger partial charge on any atom is 0.434 e. The van der Waals surface area contributed by atoms with Gasteiger partial charge in [-0.2, -0.15) is 13.2 Å². The molecule has 0 saturated carbocycles. The zero-order chi connectivity index (χ0) is 16.7. The van der Waals surface area contributed by atoms with E-state index in [4.69, 9.17) is 4.74 Å². The minimum Gasteiger partial charge on any atom is -0.379 e. The molecule has 0 bridgehead atoms. The summed E-state index contributed by atoms with van der Waals surface area (Å²) in [4.78, 5) is 9.89. The lowest BCUT2D eigenvalue weighted by Gasteiger charge is -2.26. The van der Waals surface area contributed by atoms with Gasteiger partial charge in [-0.15, -0.1) is 11.3 Å². The van der Waals surface area contributed by atoms with Gasteiger partial charge in [0.15, 0.2) is 11.7 Å². The summed E-state index contributed by atoms with van der Waals surface area (Å²) < 4.78 is 42.7. The molecular formula is C13H20F3N5OS. The average molecular weight is 351 g/mol. The molecule has 1 fully saturated rings. The van der Waals surface area contributed by atoms with Gasteiger partial charge in [-0.25, -0.2) is 4.98 Å². The number of hydrogen-bond donors (Lipinski definition) is 2. The Bertz CT molecular complexity index is 514. The van der Waals surface area contributed by atoms with Crippen LogP contribution in [0.1, 0.15) is 10.7 Å². The van der Waals surface area contributed by atoms with Crippen LogP contribution in [0.2, 0.25) is 0 Å². The molecule has 1 aromatic heterocycles. The molecule has 0 amide bonds. The Labute approximate surface area is 136 Å². The van der Waals surface area contributed by atoms with Crippen LogP contribution >= 0.6 is 11.3 Å². The van der Waals surface area contributed by atoms with E-state index in [0.717, 1.165) is 49.6 Å². The average Bonchev–Trinajstić information content (AvgIpc) is 3.01. The Kier molecular flexibility index (Phi) is 6.60. The second kappa shape index (κ2) is 8.46. The zero-order valence-electron chi connectivity index (χ0n) is 12.8. The lowest BCUT2D eigenvalue weighted by atomic mass is 10.4. The van der Waals surface area contributed by atoms with Gasteiger partial charge in [0.1, 0.15) is 5.01 Å². The number of ether oxygens (including phenoxy) is 1. The van der Waals surface area contributed by atoms with E-state index >= 15 is 0 Å². The van der Waals surface area contributed by atoms with Crippen LogP contribution in [0.4, 0.5) is 13.2 Å². The van der Waals surface area contributed by atoms with Gasteiger partial charge in [-0.3, -0.25) is 9.89 Å². The number of guanidine groups is 1. The molecular weight excluding hydrogens is 331 g/mol. The number of morpholine rings is 1. The predicted octanol–water partition coefficient (Wildman–Crippen LogP) is 1.16. The summed E-state index contributed by atoms with van der Waals surface area (Å²) in [6.45, 7) is 5.08. The molecule has 1 aliphatic rings. The van der Waals surface area contributed by atoms with E-state index < -0.39 is 11.9 Å². The molecule has 0 aliphatic carbocycles. The van der Waals surface area contributed by atoms with Crippen LogP contribution < -0.4 is 10.6 Å². The lowest BCUT2D eigenvalue weighted by Crippen LogP contribution is -2.44. The first kappa shape index (κ1) is 18.0. The fourth-order valence-electron chi connectivity index (χ4n) is 2.06. The Morgan fingerprint density at radius 1 is 1.39 bits per heavy atom. The van der Waals surface area contributed by atoms with Gasteiger partial charge in [0.05, 0.1) is 19.8 Å². The summed E-state index contributed by atoms with van der Waals surface area (Å²) in [6, 6.07) is 0. The van der Waals surface area contributed by atoms with E-state index in [9.17, 15) is 13.2 Å². The van der Waals surface area contributed by atoms with E-state index in [1.54, 1.807) is 7.05 Å². The molecule has 1 saturated heterocycles. The smallest absolute Gasteiger partial charge is 0.379 e. The number of aromatic nitrogens is 1. The summed E-state index contributed by atoms with van der Waals surface area (Å²) in [5.74, 6) is 0.544. The van der Waals surface area contributed by atoms with E-state index in [2.05, 4.69) is 25.5 Å². The molecule has 0 radical (unpaired) electrons. The first-order valence-electron chi connectivity index (χ1n) is 7.25. The third kappa shape index (κ3) is 5.96. The first-order valence-corrected chi connectivity index (χ1v) is 8.13. The quantitative estimate of drug-likeness (QED) is 0.616. The number of hydrogen-bond acceptors (Lipinski definition) is 5. The third-order valence-electron chi connectivity index (χ3n) is 3.30. The van der Waals surface area contributed by atoms with Crippen molar-refractivity contribution < 1.29 is 17.9 Å². The topological polar surface area (TPSA) is 61.8 Å². The molecule has 10 heteroatoms. The van der Waals surface area contributed by atoms with Crippen molar-refractivity contribution in [3.63, 3.8) is 0 Å². The van der Waals surface area contributed by atoms with Gasteiger partial charge in [0.2, 0.25) is 0 Å². The predicted molar refractivity (Wildman–Crippen MR) is 82.6 cm³/mol. The second-order valence-electron chi connectivity index (χ2n) is 4.93. The van der Waals surface area contributed by atoms with Crippen molar-refractivity contribution in [1.82, 2.24) is 20.5 Å². The number of aliphatic imine (C=N–C) groups is 1. The van der Waals surface area contributed by atoms with Crippen LogP contribution in [0, 0.1) is 0 Å². The van der Waals surface area contributed by atoms with Crippen molar-refractivity contribution in [1.29, 1.82) is 0 Å². The van der Waals surface area contributed by atoms with Gasteiger partial charge < -0.3 is 15.4 Å². The maximum atomic E-state index is 12.5. The summed E-state index contributed by atoms with van der Waals surface area (Å²) in [5, 5.41) is 7.49. The number of nitrogens with one attached hydrogen (secondary N) is 2. The van der Waals surface area contributed by atoms with Crippen LogP contribution in [-0.4, -0.2) is 62.3 Å². The molecule has 0 spiro atoms. The van der Waals surface area contributed by atoms with E-state index in [1.807, 2.05) is 0 Å². The Hall–Kier alpha value is -1.39. The van der Waals surface area contributed by atoms with Crippen LogP contribution in [0.3, 0.4) is 0 Å². The molecule has 2 heterocycles. The van der Waals surface area contributed by atoms with Gasteiger partial charge in [0.25, 0.3) is 0 Å². The van der Waals surface area contributed by atoms with Crippen LogP contribution in [0.15, 0.2) is 10.4 Å². The van der Waals surface area contributed by atoms with Crippen molar-refractivity contribution >= 4 is 17.3 Å². The van der Waals surface area contributed by atoms with Crippen molar-refractivity contribution in [2.24, 2.45) is 4.99 Å². The normalized spacial score (nSPS) is 17.3. The highest BCUT2D eigenvalue weighted by molar-refractivity contribution is 7.09. The second-order valence-corrected chi connectivity index (χ2v) is 5.87. The zero-order valence-corrected chi connectivity index (χ0v) is 13.6. The lowest BCUT2D eigenvalue weighted by molar-refractivity contribution is -0.140. The van der Waals surface area contributed by atoms with Gasteiger partial charge in [-0.05, 0) is 0 Å². The number of alkyl halides is 3. The summed E-state index contributed by atoms with van der Waals surface area (Å²) in [7, 11) is 1.62. The fraction of sp³-hybridized carbons (Fsp3) is 0.692. The monoisotopic (exact) mass is 351 g/mol. The number of halogens is 3. The van der Waals surface area contributed by atoms with E-state index in [-0.39, 0.29) is 6.54 Å². The largest absolute Gasteiger partial charge is 0.434 e. The molecule has 1 aliphatic heterocycles. The molecule has 2 N–H and O–H groups in total. The molecule has 0 aromatic carbocycles. The van der Waals surface area contributed by atoms with Crippen LogP contribution in [-0.2, 0) is 17.5 Å². The van der Waals surface area contributed by atoms with Crippen LogP contribution in [0.25, 0.3) is 0 Å². The highest BCUT2D eigenvalue weighted by Gasteiger charge is 2.33. The van der Waals surface area contributed by atoms with Crippen molar-refractivity contribution in [2.75, 3.05) is 46.4 Å². The molecule has 1 aromatic rings. The first-order chi connectivity index (χ1) is 11.0. The number of thiazole rings is 1. The van der Waals surface area contributed by atoms with Crippen LogP contribution in [0.5, 0.6) is 0 Å². The van der Waals surface area contributed by atoms with Gasteiger partial charge in [0, 0.05) is 38.6 Å². The number of rotatable bonds is 5. The summed E-state index contributed by atoms with van der Waals surface area (Å²) in [6.07, 6.45) is -4.40. The van der Waals surface area contributed by atoms with Crippen molar-refractivity contribution in [3.05, 3.63) is 16.1 Å². The standard InChI is InChI=1S/C13H20F3N5OS/c1-17-12(18-2-3-21-4-6-22-7-5-21)19-8-11-20-10(9-23-11)13(14,15)16/h9H,2-8H2,1H3,(H2,17,18,19). The Morgan fingerprint density at radius 2 is 2.13 bits per heavy atom. The summed E-state index contributed by atoms with van der Waals surface area (Å²) in [5.41, 5.74) is -0.852. The highest BCUT2D eigenvalue weighted by Crippen LogP contribution is 2.29. The van der Waals surface area contributed by atoms with E-state index in [0.29, 0.717) is 17.5 Å². The van der Waals surface area contributed by atoms with Gasteiger partial charge >= 0.3 is 6.18 Å². The molecule has 0 atom stereocenters. The highest BCUT2D eigenvalue weighted by atomic mass is 32.1.